The molecule has 6 aromatic rings. The first-order valence-corrected chi connectivity index (χ1v) is 11.9. The molecular formula is C26H18ClFN8. The smallest absolute Gasteiger partial charge is 0.183 e. The Bertz CT molecular complexity index is 1770. The van der Waals surface area contributed by atoms with Crippen molar-refractivity contribution >= 4 is 28.3 Å². The number of rotatable bonds is 3. The van der Waals surface area contributed by atoms with Crippen molar-refractivity contribution in [3.63, 3.8) is 0 Å². The van der Waals surface area contributed by atoms with Crippen LogP contribution in [0.15, 0.2) is 67.0 Å². The molecule has 1 aliphatic heterocycles. The summed E-state index contributed by atoms with van der Waals surface area (Å²) >= 11 is 6.21. The molecule has 0 aliphatic carbocycles. The van der Waals surface area contributed by atoms with Crippen LogP contribution in [-0.2, 0) is 13.1 Å². The normalized spacial score (nSPS) is 13.4. The van der Waals surface area contributed by atoms with Crippen LogP contribution in [0, 0.1) is 5.82 Å². The molecule has 176 valence electrons. The molecule has 1 aliphatic rings. The number of imidazole rings is 1. The molecule has 0 atom stereocenters. The second-order valence-electron chi connectivity index (χ2n) is 8.57. The highest BCUT2D eigenvalue weighted by Crippen LogP contribution is 2.35. The van der Waals surface area contributed by atoms with Crippen LogP contribution in [0.2, 0.25) is 5.02 Å². The van der Waals surface area contributed by atoms with Crippen LogP contribution in [0.25, 0.3) is 50.7 Å². The first kappa shape index (κ1) is 21.1. The fourth-order valence-corrected chi connectivity index (χ4v) is 4.73. The van der Waals surface area contributed by atoms with Crippen LogP contribution in [0.3, 0.4) is 0 Å². The summed E-state index contributed by atoms with van der Waals surface area (Å²) in [5.41, 5.74) is 4.96. The monoisotopic (exact) mass is 496 g/mol. The van der Waals surface area contributed by atoms with E-state index in [0.717, 1.165) is 30.0 Å². The predicted octanol–water partition coefficient (Wildman–Crippen LogP) is 4.77. The van der Waals surface area contributed by atoms with Crippen LogP contribution in [0.1, 0.15) is 5.82 Å². The second kappa shape index (κ2) is 8.18. The lowest BCUT2D eigenvalue weighted by Crippen LogP contribution is -2.28. The van der Waals surface area contributed by atoms with Crippen molar-refractivity contribution in [2.45, 2.75) is 13.1 Å². The van der Waals surface area contributed by atoms with Crippen molar-refractivity contribution in [2.24, 2.45) is 0 Å². The van der Waals surface area contributed by atoms with Crippen molar-refractivity contribution in [3.8, 4) is 34.0 Å². The van der Waals surface area contributed by atoms with Gasteiger partial charge in [-0.2, -0.15) is 5.10 Å². The molecule has 0 unspecified atom stereocenters. The standard InChI is InChI=1S/C26H18ClFN8/c27-16-4-5-18(28)17(12-16)24-25(35-9-2-1-3-22(35)32-24)20-7-6-19-21(31-20)11-15(13-30-19)26-33-23-14-29-8-10-36(23)34-26/h1-7,9,11-13,29H,8,10,14H2. The van der Waals surface area contributed by atoms with E-state index in [1.165, 1.54) is 12.1 Å². The molecule has 1 N–H and O–H groups in total. The van der Waals surface area contributed by atoms with Crippen LogP contribution < -0.4 is 5.32 Å². The third kappa shape index (κ3) is 3.43. The highest BCUT2D eigenvalue weighted by molar-refractivity contribution is 6.30. The molecule has 0 amide bonds. The first-order chi connectivity index (χ1) is 17.6. The average molecular weight is 497 g/mol. The first-order valence-electron chi connectivity index (χ1n) is 11.5. The van der Waals surface area contributed by atoms with E-state index < -0.39 is 5.82 Å². The molecule has 8 nitrogen and oxygen atoms in total. The summed E-state index contributed by atoms with van der Waals surface area (Å²) in [6, 6.07) is 15.8. The molecule has 5 aromatic heterocycles. The Labute approximate surface area is 209 Å². The number of hydrogen-bond acceptors (Lipinski definition) is 6. The van der Waals surface area contributed by atoms with E-state index in [0.29, 0.717) is 51.2 Å². The van der Waals surface area contributed by atoms with Gasteiger partial charge in [-0.3, -0.25) is 9.38 Å². The van der Waals surface area contributed by atoms with Gasteiger partial charge in [-0.05, 0) is 48.5 Å². The summed E-state index contributed by atoms with van der Waals surface area (Å²) < 4.78 is 18.7. The van der Waals surface area contributed by atoms with Gasteiger partial charge in [-0.25, -0.2) is 24.0 Å². The molecule has 0 fully saturated rings. The Balaban J connectivity index is 1.41. The van der Waals surface area contributed by atoms with E-state index >= 15 is 0 Å². The van der Waals surface area contributed by atoms with Crippen molar-refractivity contribution in [3.05, 3.63) is 83.7 Å². The van der Waals surface area contributed by atoms with Gasteiger partial charge in [0.1, 0.15) is 23.0 Å². The minimum atomic E-state index is -0.405. The summed E-state index contributed by atoms with van der Waals surface area (Å²) in [5, 5.41) is 8.38. The van der Waals surface area contributed by atoms with Gasteiger partial charge in [0.25, 0.3) is 0 Å². The van der Waals surface area contributed by atoms with Crippen LogP contribution in [0.4, 0.5) is 4.39 Å². The summed E-state index contributed by atoms with van der Waals surface area (Å²) in [4.78, 5) is 18.9. The Kier molecular flexibility index (Phi) is 4.80. The van der Waals surface area contributed by atoms with E-state index in [2.05, 4.69) is 20.4 Å². The quantitative estimate of drug-likeness (QED) is 0.380. The molecule has 0 radical (unpaired) electrons. The zero-order chi connectivity index (χ0) is 24.2. The van der Waals surface area contributed by atoms with Crippen molar-refractivity contribution in [1.29, 1.82) is 0 Å². The Morgan fingerprint density at radius 1 is 0.972 bits per heavy atom. The predicted molar refractivity (Wildman–Crippen MR) is 135 cm³/mol. The fourth-order valence-electron chi connectivity index (χ4n) is 4.56. The molecule has 0 saturated carbocycles. The number of hydrogen-bond donors (Lipinski definition) is 1. The van der Waals surface area contributed by atoms with Gasteiger partial charge in [0.2, 0.25) is 0 Å². The molecule has 7 rings (SSSR count). The van der Waals surface area contributed by atoms with Crippen LogP contribution in [0.5, 0.6) is 0 Å². The van der Waals surface area contributed by atoms with E-state index in [1.54, 1.807) is 12.3 Å². The lowest BCUT2D eigenvalue weighted by molar-refractivity contribution is 0.469. The third-order valence-electron chi connectivity index (χ3n) is 6.28. The average Bonchev–Trinajstić information content (AvgIpc) is 3.51. The number of nitrogens with zero attached hydrogens (tertiary/aromatic N) is 7. The highest BCUT2D eigenvalue weighted by Gasteiger charge is 2.21. The van der Waals surface area contributed by atoms with Gasteiger partial charge in [-0.1, -0.05) is 17.7 Å². The molecule has 6 heterocycles. The van der Waals surface area contributed by atoms with E-state index in [4.69, 9.17) is 21.6 Å². The maximum absolute atomic E-state index is 14.9. The van der Waals surface area contributed by atoms with E-state index in [1.807, 2.05) is 51.7 Å². The van der Waals surface area contributed by atoms with E-state index in [9.17, 15) is 4.39 Å². The van der Waals surface area contributed by atoms with Crippen LogP contribution >= 0.6 is 11.6 Å². The zero-order valence-corrected chi connectivity index (χ0v) is 19.6. The summed E-state index contributed by atoms with van der Waals surface area (Å²) in [5.74, 6) is 1.11. The fraction of sp³-hybridized carbons (Fsp3) is 0.115. The van der Waals surface area contributed by atoms with Gasteiger partial charge < -0.3 is 5.32 Å². The summed E-state index contributed by atoms with van der Waals surface area (Å²) in [7, 11) is 0. The number of benzene rings is 1. The Morgan fingerprint density at radius 3 is 2.83 bits per heavy atom. The van der Waals surface area contributed by atoms with Crippen LogP contribution in [-0.4, -0.2) is 40.7 Å². The Morgan fingerprint density at radius 2 is 1.92 bits per heavy atom. The molecule has 0 spiro atoms. The van der Waals surface area contributed by atoms with Crippen molar-refractivity contribution in [1.82, 2.24) is 39.4 Å². The van der Waals surface area contributed by atoms with Crippen molar-refractivity contribution < 1.29 is 4.39 Å². The SMILES string of the molecule is Fc1ccc(Cl)cc1-c1nc2ccccn2c1-c1ccc2ncc(-c3nc4n(n3)CCNC4)cc2n1. The van der Waals surface area contributed by atoms with Gasteiger partial charge in [0, 0.05) is 35.1 Å². The second-order valence-corrected chi connectivity index (χ2v) is 9.01. The van der Waals surface area contributed by atoms with Gasteiger partial charge >= 0.3 is 0 Å². The summed E-state index contributed by atoms with van der Waals surface area (Å²) in [6.45, 7) is 2.34. The molecular weight excluding hydrogens is 479 g/mol. The number of aromatic nitrogens is 7. The van der Waals surface area contributed by atoms with E-state index in [-0.39, 0.29) is 0 Å². The molecule has 0 bridgehead atoms. The lowest BCUT2D eigenvalue weighted by Gasteiger charge is -2.11. The largest absolute Gasteiger partial charge is 0.308 e. The van der Waals surface area contributed by atoms with Crippen molar-refractivity contribution in [2.75, 3.05) is 6.54 Å². The topological polar surface area (TPSA) is 85.8 Å². The van der Waals surface area contributed by atoms with Gasteiger partial charge in [0.05, 0.1) is 35.5 Å². The summed E-state index contributed by atoms with van der Waals surface area (Å²) in [6.07, 6.45) is 3.65. The molecule has 10 heteroatoms. The number of nitrogens with one attached hydrogen (secondary N) is 1. The third-order valence-corrected chi connectivity index (χ3v) is 6.52. The molecule has 36 heavy (non-hydrogen) atoms. The Hall–Kier alpha value is -4.21. The van der Waals surface area contributed by atoms with Gasteiger partial charge in [-0.15, -0.1) is 0 Å². The number of fused-ring (bicyclic) bond motifs is 3. The zero-order valence-electron chi connectivity index (χ0n) is 18.9. The van der Waals surface area contributed by atoms with Gasteiger partial charge in [0.15, 0.2) is 5.82 Å². The minimum Gasteiger partial charge on any atom is -0.308 e. The maximum Gasteiger partial charge on any atom is 0.183 e. The maximum atomic E-state index is 14.9. The lowest BCUT2D eigenvalue weighted by atomic mass is 10.1. The minimum absolute atomic E-state index is 0.316. The number of pyridine rings is 3. The molecule has 1 aromatic carbocycles. The molecule has 0 saturated heterocycles. The number of halogens is 2. The highest BCUT2D eigenvalue weighted by atomic mass is 35.5.